The van der Waals surface area contributed by atoms with E-state index >= 15 is 0 Å². The maximum atomic E-state index is 12.5. The van der Waals surface area contributed by atoms with Crippen molar-refractivity contribution >= 4 is 0 Å². The molecule has 1 aromatic carbocycles. The minimum Gasteiger partial charge on any atom is -0.390 e. The molecule has 0 heterocycles. The van der Waals surface area contributed by atoms with Crippen molar-refractivity contribution in [2.24, 2.45) is 5.92 Å². The molecule has 1 atom stereocenters. The van der Waals surface area contributed by atoms with Crippen molar-refractivity contribution in [3.05, 3.63) is 35.4 Å². The van der Waals surface area contributed by atoms with Crippen LogP contribution in [0.2, 0.25) is 0 Å². The molecule has 0 amide bonds. The van der Waals surface area contributed by atoms with Crippen LogP contribution in [-0.2, 0) is 12.6 Å². The van der Waals surface area contributed by atoms with Gasteiger partial charge in [0.25, 0.3) is 0 Å². The zero-order chi connectivity index (χ0) is 14.8. The van der Waals surface area contributed by atoms with E-state index < -0.39 is 17.3 Å². The second kappa shape index (κ2) is 5.76. The van der Waals surface area contributed by atoms with Crippen molar-refractivity contribution in [1.82, 2.24) is 0 Å². The molecule has 0 saturated heterocycles. The van der Waals surface area contributed by atoms with Crippen molar-refractivity contribution < 1.29 is 18.3 Å². The Morgan fingerprint density at radius 1 is 1.05 bits per heavy atom. The van der Waals surface area contributed by atoms with Crippen LogP contribution < -0.4 is 0 Å². The molecule has 112 valence electrons. The number of aliphatic hydroxyl groups is 1. The molecule has 1 saturated carbocycles. The van der Waals surface area contributed by atoms with Gasteiger partial charge in [-0.05, 0) is 43.4 Å². The Bertz CT molecular complexity index is 428. The van der Waals surface area contributed by atoms with Gasteiger partial charge in [-0.1, -0.05) is 31.4 Å². The second-order valence-corrected chi connectivity index (χ2v) is 6.06. The van der Waals surface area contributed by atoms with Gasteiger partial charge in [0.1, 0.15) is 0 Å². The fourth-order valence-corrected chi connectivity index (χ4v) is 3.09. The summed E-state index contributed by atoms with van der Waals surface area (Å²) >= 11 is 0. The van der Waals surface area contributed by atoms with Crippen LogP contribution in [0.3, 0.4) is 0 Å². The quantitative estimate of drug-likeness (QED) is 0.862. The first-order valence-corrected chi connectivity index (χ1v) is 7.17. The average Bonchev–Trinajstić information content (AvgIpc) is 2.39. The zero-order valence-corrected chi connectivity index (χ0v) is 11.7. The summed E-state index contributed by atoms with van der Waals surface area (Å²) < 4.78 is 37.5. The lowest BCUT2D eigenvalue weighted by Gasteiger charge is -2.35. The molecule has 0 aromatic heterocycles. The van der Waals surface area contributed by atoms with E-state index in [0.717, 1.165) is 43.4 Å². The largest absolute Gasteiger partial charge is 0.416 e. The molecule has 4 heteroatoms. The normalized spacial score (nSPS) is 20.6. The lowest BCUT2D eigenvalue weighted by Crippen LogP contribution is -2.38. The Morgan fingerprint density at radius 3 is 2.10 bits per heavy atom. The molecular formula is C16H21F3O. The minimum absolute atomic E-state index is 0.249. The highest BCUT2D eigenvalue weighted by molar-refractivity contribution is 5.25. The van der Waals surface area contributed by atoms with Crippen LogP contribution in [0.5, 0.6) is 0 Å². The topological polar surface area (TPSA) is 20.2 Å². The molecule has 1 aliphatic carbocycles. The van der Waals surface area contributed by atoms with Gasteiger partial charge in [0, 0.05) is 6.42 Å². The second-order valence-electron chi connectivity index (χ2n) is 6.06. The SMILES string of the molecule is CC(O)(Cc1ccc(C(F)(F)F)cc1)C1CCCCC1. The van der Waals surface area contributed by atoms with Crippen LogP contribution >= 0.6 is 0 Å². The number of alkyl halides is 3. The monoisotopic (exact) mass is 286 g/mol. The van der Waals surface area contributed by atoms with Crippen LogP contribution in [0.25, 0.3) is 0 Å². The number of halogens is 3. The van der Waals surface area contributed by atoms with Crippen LogP contribution in [0.4, 0.5) is 13.2 Å². The Balaban J connectivity index is 2.05. The van der Waals surface area contributed by atoms with Crippen molar-refractivity contribution in [3.8, 4) is 0 Å². The third-order valence-corrected chi connectivity index (χ3v) is 4.33. The van der Waals surface area contributed by atoms with Gasteiger partial charge in [-0.3, -0.25) is 0 Å². The van der Waals surface area contributed by atoms with E-state index in [1.54, 1.807) is 6.92 Å². The van der Waals surface area contributed by atoms with E-state index in [-0.39, 0.29) is 5.92 Å². The number of benzene rings is 1. The van der Waals surface area contributed by atoms with Crippen LogP contribution in [-0.4, -0.2) is 10.7 Å². The molecule has 0 radical (unpaired) electrons. The van der Waals surface area contributed by atoms with E-state index in [2.05, 4.69) is 0 Å². The highest BCUT2D eigenvalue weighted by Crippen LogP contribution is 2.35. The Morgan fingerprint density at radius 2 is 1.60 bits per heavy atom. The number of hydrogen-bond acceptors (Lipinski definition) is 1. The maximum absolute atomic E-state index is 12.5. The maximum Gasteiger partial charge on any atom is 0.416 e. The molecule has 1 aromatic rings. The van der Waals surface area contributed by atoms with Crippen molar-refractivity contribution in [3.63, 3.8) is 0 Å². The number of rotatable bonds is 3. The third-order valence-electron chi connectivity index (χ3n) is 4.33. The number of hydrogen-bond donors (Lipinski definition) is 1. The molecule has 0 bridgehead atoms. The first kappa shape index (κ1) is 15.4. The van der Waals surface area contributed by atoms with Crippen molar-refractivity contribution in [2.45, 2.75) is 57.2 Å². The summed E-state index contributed by atoms with van der Waals surface area (Å²) in [5.41, 5.74) is -0.715. The summed E-state index contributed by atoms with van der Waals surface area (Å²) in [5.74, 6) is 0.249. The standard InChI is InChI=1S/C16H21F3O/c1-15(20,13-5-3-2-4-6-13)11-12-7-9-14(10-8-12)16(17,18)19/h7-10,13,20H,2-6,11H2,1H3. The molecule has 1 unspecified atom stereocenters. The molecule has 2 rings (SSSR count). The first-order valence-electron chi connectivity index (χ1n) is 7.17. The highest BCUT2D eigenvalue weighted by Gasteiger charge is 2.33. The van der Waals surface area contributed by atoms with E-state index in [1.807, 2.05) is 0 Å². The predicted molar refractivity (Wildman–Crippen MR) is 72.3 cm³/mol. The molecule has 0 spiro atoms. The molecule has 1 aliphatic rings. The molecule has 1 fully saturated rings. The Hall–Kier alpha value is -1.03. The fraction of sp³-hybridized carbons (Fsp3) is 0.625. The average molecular weight is 286 g/mol. The van der Waals surface area contributed by atoms with E-state index in [0.29, 0.717) is 6.42 Å². The molecule has 1 N–H and O–H groups in total. The van der Waals surface area contributed by atoms with Gasteiger partial charge in [0.05, 0.1) is 11.2 Å². The van der Waals surface area contributed by atoms with Gasteiger partial charge in [-0.2, -0.15) is 13.2 Å². The molecule has 20 heavy (non-hydrogen) atoms. The summed E-state index contributed by atoms with van der Waals surface area (Å²) in [6.45, 7) is 1.81. The van der Waals surface area contributed by atoms with Crippen molar-refractivity contribution in [2.75, 3.05) is 0 Å². The first-order chi connectivity index (χ1) is 9.29. The van der Waals surface area contributed by atoms with E-state index in [1.165, 1.54) is 18.6 Å². The molecule has 1 nitrogen and oxygen atoms in total. The van der Waals surface area contributed by atoms with E-state index in [9.17, 15) is 18.3 Å². The van der Waals surface area contributed by atoms with Crippen molar-refractivity contribution in [1.29, 1.82) is 0 Å². The molecule has 0 aliphatic heterocycles. The summed E-state index contributed by atoms with van der Waals surface area (Å²) in [4.78, 5) is 0. The van der Waals surface area contributed by atoms with E-state index in [4.69, 9.17) is 0 Å². The third kappa shape index (κ3) is 3.75. The van der Waals surface area contributed by atoms with Gasteiger partial charge >= 0.3 is 6.18 Å². The van der Waals surface area contributed by atoms with Crippen LogP contribution in [0, 0.1) is 5.92 Å². The predicted octanol–water partition coefficient (Wildman–Crippen LogP) is 4.58. The Kier molecular flexibility index (Phi) is 4.43. The van der Waals surface area contributed by atoms with Crippen LogP contribution in [0.1, 0.15) is 50.2 Å². The Labute approximate surface area is 117 Å². The van der Waals surface area contributed by atoms with Gasteiger partial charge in [0.15, 0.2) is 0 Å². The smallest absolute Gasteiger partial charge is 0.390 e. The highest BCUT2D eigenvalue weighted by atomic mass is 19.4. The lowest BCUT2D eigenvalue weighted by atomic mass is 9.75. The fourth-order valence-electron chi connectivity index (χ4n) is 3.09. The van der Waals surface area contributed by atoms with Gasteiger partial charge in [-0.15, -0.1) is 0 Å². The lowest BCUT2D eigenvalue weighted by molar-refractivity contribution is -0.137. The molecular weight excluding hydrogens is 265 g/mol. The summed E-state index contributed by atoms with van der Waals surface area (Å²) in [6, 6.07) is 5.12. The van der Waals surface area contributed by atoms with Gasteiger partial charge in [0.2, 0.25) is 0 Å². The van der Waals surface area contributed by atoms with Gasteiger partial charge < -0.3 is 5.11 Å². The summed E-state index contributed by atoms with van der Waals surface area (Å²) in [5, 5.41) is 10.6. The van der Waals surface area contributed by atoms with Gasteiger partial charge in [-0.25, -0.2) is 0 Å². The van der Waals surface area contributed by atoms with Crippen LogP contribution in [0.15, 0.2) is 24.3 Å². The summed E-state index contributed by atoms with van der Waals surface area (Å²) in [7, 11) is 0. The summed E-state index contributed by atoms with van der Waals surface area (Å²) in [6.07, 6.45) is 1.61. The zero-order valence-electron chi connectivity index (χ0n) is 11.7. The minimum atomic E-state index is -4.30.